The minimum atomic E-state index is -1.31. The fourth-order valence-electron chi connectivity index (χ4n) is 3.78. The smallest absolute Gasteiger partial charge is 0.335 e. The van der Waals surface area contributed by atoms with Gasteiger partial charge in [-0.2, -0.15) is 29.9 Å². The average molecular weight is 605 g/mol. The summed E-state index contributed by atoms with van der Waals surface area (Å²) in [5, 5.41) is 48.9. The van der Waals surface area contributed by atoms with Crippen LogP contribution in [0, 0.1) is 13.8 Å². The zero-order valence-electron chi connectivity index (χ0n) is 23.1. The number of hydrogen-bond donors (Lipinski definition) is 8. The Morgan fingerprint density at radius 3 is 1.11 bits per heavy atom. The van der Waals surface area contributed by atoms with Crippen molar-refractivity contribution >= 4 is 59.0 Å². The number of anilines is 6. The molecule has 0 bridgehead atoms. The number of carboxylic acids is 4. The minimum Gasteiger partial charge on any atom is -0.478 e. The quantitative estimate of drug-likeness (QED) is 0.108. The summed E-state index contributed by atoms with van der Waals surface area (Å²) < 4.78 is 0. The topological polar surface area (TPSA) is 275 Å². The molecule has 0 spiro atoms. The van der Waals surface area contributed by atoms with E-state index in [1.165, 1.54) is 24.3 Å². The molecule has 4 aromatic rings. The minimum absolute atomic E-state index is 0.0119. The maximum Gasteiger partial charge on any atom is 0.335 e. The number of rotatable bonds is 12. The van der Waals surface area contributed by atoms with E-state index >= 15 is 0 Å². The van der Waals surface area contributed by atoms with Crippen molar-refractivity contribution in [1.82, 2.24) is 29.9 Å². The summed E-state index contributed by atoms with van der Waals surface area (Å²) in [6.45, 7) is 4.88. The standard InChI is InChI=1S/C26H24N10O8/c1-10(27-23-29-11(2)31-25(35-23)33-17-6-13(19(37)38)4-14(7-17)20(39)40)28-24-30-12(3)32-26(36-24)34-18-8-15(21(41)42)5-16(9-18)22(43)44/h4-10H,1-3H3,(H,37,38)(H,39,40)(H,41,42)(H,43,44)(H2,27,29,31,33,35)(H2,28,30,32,34,36). The predicted molar refractivity (Wildman–Crippen MR) is 153 cm³/mol. The summed E-state index contributed by atoms with van der Waals surface area (Å²) in [7, 11) is 0. The number of nitrogens with one attached hydrogen (secondary N) is 4. The SMILES string of the molecule is Cc1nc(Nc2cc(C(=O)O)cc(C(=O)O)c2)nc(NC(C)Nc2nc(C)nc(Nc3cc(C(=O)O)cc(C(=O)O)c3)n2)n1. The molecule has 8 N–H and O–H groups in total. The van der Waals surface area contributed by atoms with Gasteiger partial charge in [0.05, 0.1) is 28.4 Å². The van der Waals surface area contributed by atoms with E-state index in [0.29, 0.717) is 0 Å². The largest absolute Gasteiger partial charge is 0.478 e. The Kier molecular flexibility index (Phi) is 8.73. The Morgan fingerprint density at radius 1 is 0.523 bits per heavy atom. The van der Waals surface area contributed by atoms with Gasteiger partial charge in [-0.15, -0.1) is 0 Å². The van der Waals surface area contributed by atoms with E-state index in [1.54, 1.807) is 20.8 Å². The van der Waals surface area contributed by atoms with Gasteiger partial charge in [-0.25, -0.2) is 19.2 Å². The van der Waals surface area contributed by atoms with Crippen LogP contribution in [0.4, 0.5) is 35.2 Å². The lowest BCUT2D eigenvalue weighted by Gasteiger charge is -2.17. The third-order valence-corrected chi connectivity index (χ3v) is 5.55. The monoisotopic (exact) mass is 604 g/mol. The molecule has 226 valence electrons. The summed E-state index contributed by atoms with van der Waals surface area (Å²) in [5.74, 6) is -4.43. The van der Waals surface area contributed by atoms with Crippen LogP contribution in [0.5, 0.6) is 0 Å². The first-order chi connectivity index (χ1) is 20.7. The lowest BCUT2D eigenvalue weighted by atomic mass is 10.1. The van der Waals surface area contributed by atoms with Gasteiger partial charge in [-0.05, 0) is 57.2 Å². The molecule has 4 rings (SSSR count). The van der Waals surface area contributed by atoms with Crippen LogP contribution >= 0.6 is 0 Å². The van der Waals surface area contributed by atoms with Gasteiger partial charge in [0.1, 0.15) is 11.6 Å². The highest BCUT2D eigenvalue weighted by Gasteiger charge is 2.16. The third-order valence-electron chi connectivity index (χ3n) is 5.55. The number of nitrogens with zero attached hydrogens (tertiary/aromatic N) is 6. The summed E-state index contributed by atoms with van der Waals surface area (Å²) >= 11 is 0. The second-order valence-electron chi connectivity index (χ2n) is 9.14. The zero-order valence-corrected chi connectivity index (χ0v) is 23.1. The second-order valence-corrected chi connectivity index (χ2v) is 9.14. The van der Waals surface area contributed by atoms with Crippen molar-refractivity contribution in [2.45, 2.75) is 26.9 Å². The second kappa shape index (κ2) is 12.6. The van der Waals surface area contributed by atoms with Gasteiger partial charge in [0.15, 0.2) is 0 Å². The van der Waals surface area contributed by atoms with Gasteiger partial charge in [0.2, 0.25) is 23.8 Å². The highest BCUT2D eigenvalue weighted by molar-refractivity contribution is 5.96. The number of carboxylic acid groups (broad SMARTS) is 4. The predicted octanol–water partition coefficient (Wildman–Crippen LogP) is 2.82. The lowest BCUT2D eigenvalue weighted by Crippen LogP contribution is -2.28. The van der Waals surface area contributed by atoms with Gasteiger partial charge in [-0.3, -0.25) is 0 Å². The number of benzene rings is 2. The highest BCUT2D eigenvalue weighted by atomic mass is 16.4. The normalized spacial score (nSPS) is 10.6. The van der Waals surface area contributed by atoms with Crippen LogP contribution in [-0.2, 0) is 0 Å². The van der Waals surface area contributed by atoms with Crippen LogP contribution in [0.2, 0.25) is 0 Å². The molecular formula is C26H24N10O8. The molecule has 0 amide bonds. The molecule has 18 heteroatoms. The average Bonchev–Trinajstić information content (AvgIpc) is 2.91. The number of aromatic nitrogens is 6. The maximum atomic E-state index is 11.4. The van der Waals surface area contributed by atoms with E-state index in [1.807, 2.05) is 0 Å². The molecule has 0 aliphatic carbocycles. The summed E-state index contributed by atoms with van der Waals surface area (Å²) in [4.78, 5) is 71.0. The number of aryl methyl sites for hydroxylation is 2. The van der Waals surface area contributed by atoms with Crippen LogP contribution in [0.25, 0.3) is 0 Å². The fourth-order valence-corrected chi connectivity index (χ4v) is 3.78. The van der Waals surface area contributed by atoms with Crippen molar-refractivity contribution in [3.8, 4) is 0 Å². The Morgan fingerprint density at radius 2 is 0.818 bits per heavy atom. The Hall–Kier alpha value is -6.46. The van der Waals surface area contributed by atoms with Crippen molar-refractivity contribution in [3.63, 3.8) is 0 Å². The van der Waals surface area contributed by atoms with Gasteiger partial charge in [-0.1, -0.05) is 0 Å². The van der Waals surface area contributed by atoms with E-state index in [9.17, 15) is 39.6 Å². The Balaban J connectivity index is 1.51. The molecule has 2 aromatic heterocycles. The van der Waals surface area contributed by atoms with Gasteiger partial charge in [0, 0.05) is 11.4 Å². The summed E-state index contributed by atoms with van der Waals surface area (Å²) in [6, 6.07) is 7.00. The fraction of sp³-hybridized carbons (Fsp3) is 0.154. The van der Waals surface area contributed by atoms with Gasteiger partial charge < -0.3 is 41.7 Å². The number of carbonyl (C=O) groups is 4. The summed E-state index contributed by atoms with van der Waals surface area (Å²) in [5.41, 5.74) is -0.703. The van der Waals surface area contributed by atoms with Crippen LogP contribution in [0.1, 0.15) is 60.0 Å². The van der Waals surface area contributed by atoms with Crippen molar-refractivity contribution in [3.05, 3.63) is 70.3 Å². The molecule has 0 aliphatic heterocycles. The molecule has 2 heterocycles. The molecule has 0 atom stereocenters. The molecule has 2 aromatic carbocycles. The lowest BCUT2D eigenvalue weighted by molar-refractivity contribution is 0.0676. The first-order valence-corrected chi connectivity index (χ1v) is 12.5. The third kappa shape index (κ3) is 7.84. The molecular weight excluding hydrogens is 580 g/mol. The first-order valence-electron chi connectivity index (χ1n) is 12.5. The molecule has 0 radical (unpaired) electrons. The summed E-state index contributed by atoms with van der Waals surface area (Å²) in [6.07, 6.45) is -0.595. The zero-order chi connectivity index (χ0) is 32.1. The molecule has 0 unspecified atom stereocenters. The highest BCUT2D eigenvalue weighted by Crippen LogP contribution is 2.21. The van der Waals surface area contributed by atoms with E-state index in [2.05, 4.69) is 51.2 Å². The maximum absolute atomic E-state index is 11.4. The molecule has 0 aliphatic rings. The molecule has 0 saturated carbocycles. The Bertz CT molecular complexity index is 1610. The molecule has 18 nitrogen and oxygen atoms in total. The molecule has 0 saturated heterocycles. The van der Waals surface area contributed by atoms with Crippen molar-refractivity contribution < 1.29 is 39.6 Å². The van der Waals surface area contributed by atoms with Crippen molar-refractivity contribution in [1.29, 1.82) is 0 Å². The van der Waals surface area contributed by atoms with E-state index in [4.69, 9.17) is 0 Å². The van der Waals surface area contributed by atoms with Crippen LogP contribution in [-0.4, -0.2) is 80.4 Å². The first kappa shape index (κ1) is 30.5. The van der Waals surface area contributed by atoms with Crippen molar-refractivity contribution in [2.75, 3.05) is 21.3 Å². The van der Waals surface area contributed by atoms with Crippen LogP contribution in [0.3, 0.4) is 0 Å². The van der Waals surface area contributed by atoms with E-state index in [0.717, 1.165) is 12.1 Å². The van der Waals surface area contributed by atoms with Crippen LogP contribution < -0.4 is 21.3 Å². The number of hydrogen-bond acceptors (Lipinski definition) is 14. The van der Waals surface area contributed by atoms with E-state index < -0.39 is 30.0 Å². The van der Waals surface area contributed by atoms with Crippen LogP contribution in [0.15, 0.2) is 36.4 Å². The van der Waals surface area contributed by atoms with E-state index in [-0.39, 0.29) is 69.1 Å². The van der Waals surface area contributed by atoms with Crippen molar-refractivity contribution in [2.24, 2.45) is 0 Å². The van der Waals surface area contributed by atoms with Gasteiger partial charge in [0.25, 0.3) is 0 Å². The molecule has 0 fully saturated rings. The van der Waals surface area contributed by atoms with Gasteiger partial charge >= 0.3 is 23.9 Å². The Labute approximate surface area is 247 Å². The molecule has 44 heavy (non-hydrogen) atoms. The number of aromatic carboxylic acids is 4.